The van der Waals surface area contributed by atoms with Crippen molar-refractivity contribution in [1.29, 1.82) is 0 Å². The zero-order chi connectivity index (χ0) is 20.0. The number of aryl methyl sites for hydroxylation is 1. The quantitative estimate of drug-likeness (QED) is 0.598. The zero-order valence-corrected chi connectivity index (χ0v) is 16.0. The topological polar surface area (TPSA) is 73.2 Å². The molecule has 0 atom stereocenters. The Morgan fingerprint density at radius 1 is 1.26 bits per heavy atom. The summed E-state index contributed by atoms with van der Waals surface area (Å²) < 4.78 is 19.8. The second-order valence-electron chi connectivity index (χ2n) is 6.39. The molecule has 2 aromatic rings. The minimum Gasteiger partial charge on any atom is -0.463 e. The Kier molecular flexibility index (Phi) is 6.87. The summed E-state index contributed by atoms with van der Waals surface area (Å²) >= 11 is 0. The molecule has 2 rings (SSSR count). The number of nitrogens with one attached hydrogen (secondary N) is 1. The molecule has 0 saturated heterocycles. The Balaban J connectivity index is 1.99. The van der Waals surface area contributed by atoms with Crippen LogP contribution in [0.5, 0.6) is 0 Å². The fourth-order valence-corrected chi connectivity index (χ4v) is 2.56. The van der Waals surface area contributed by atoms with Crippen LogP contribution in [-0.4, -0.2) is 34.3 Å². The fourth-order valence-electron chi connectivity index (χ4n) is 2.56. The molecule has 0 radical (unpaired) electrons. The summed E-state index contributed by atoms with van der Waals surface area (Å²) in [7, 11) is 0. The standard InChI is InChI=1S/C20H24FN3O3/c1-13(2)27-20(26)11-12-22-19(25)10-9-18-14(3)23-24(15(18)4)17-7-5-16(21)6-8-17/h5-10,13H,11-12H2,1-4H3,(H,22,25)/b10-9+. The molecule has 144 valence electrons. The summed E-state index contributed by atoms with van der Waals surface area (Å²) in [5.74, 6) is -0.962. The summed E-state index contributed by atoms with van der Waals surface area (Å²) in [5.41, 5.74) is 3.14. The lowest BCUT2D eigenvalue weighted by Crippen LogP contribution is -2.25. The van der Waals surface area contributed by atoms with Crippen LogP contribution < -0.4 is 5.32 Å². The number of hydrogen-bond acceptors (Lipinski definition) is 4. The molecule has 1 amide bonds. The second kappa shape index (κ2) is 9.12. The van der Waals surface area contributed by atoms with E-state index in [0.29, 0.717) is 0 Å². The minimum atomic E-state index is -0.346. The zero-order valence-electron chi connectivity index (χ0n) is 16.0. The van der Waals surface area contributed by atoms with Gasteiger partial charge in [0.2, 0.25) is 5.91 Å². The maximum atomic E-state index is 13.1. The molecule has 0 spiro atoms. The van der Waals surface area contributed by atoms with Crippen LogP contribution in [0.4, 0.5) is 4.39 Å². The maximum absolute atomic E-state index is 13.1. The van der Waals surface area contributed by atoms with E-state index in [1.54, 1.807) is 36.7 Å². The van der Waals surface area contributed by atoms with Gasteiger partial charge in [-0.05, 0) is 58.0 Å². The second-order valence-corrected chi connectivity index (χ2v) is 6.39. The van der Waals surface area contributed by atoms with Crippen LogP contribution in [0.25, 0.3) is 11.8 Å². The Labute approximate surface area is 158 Å². The largest absolute Gasteiger partial charge is 0.463 e. The van der Waals surface area contributed by atoms with E-state index >= 15 is 0 Å². The fraction of sp³-hybridized carbons (Fsp3) is 0.350. The highest BCUT2D eigenvalue weighted by Gasteiger charge is 2.11. The van der Waals surface area contributed by atoms with Gasteiger partial charge in [-0.3, -0.25) is 9.59 Å². The van der Waals surface area contributed by atoms with E-state index < -0.39 is 0 Å². The predicted molar refractivity (Wildman–Crippen MR) is 101 cm³/mol. The molecule has 1 N–H and O–H groups in total. The number of hydrogen-bond donors (Lipinski definition) is 1. The van der Waals surface area contributed by atoms with Gasteiger partial charge in [-0.2, -0.15) is 5.10 Å². The SMILES string of the molecule is Cc1nn(-c2ccc(F)cc2)c(C)c1/C=C/C(=O)NCCC(=O)OC(C)C. The average molecular weight is 373 g/mol. The Hall–Kier alpha value is -2.96. The van der Waals surface area contributed by atoms with Crippen LogP contribution in [0.15, 0.2) is 30.3 Å². The number of nitrogens with zero attached hydrogens (tertiary/aromatic N) is 2. The van der Waals surface area contributed by atoms with E-state index in [4.69, 9.17) is 4.74 Å². The van der Waals surface area contributed by atoms with Gasteiger partial charge >= 0.3 is 5.97 Å². The van der Waals surface area contributed by atoms with E-state index in [1.165, 1.54) is 18.2 Å². The summed E-state index contributed by atoms with van der Waals surface area (Å²) in [6.07, 6.45) is 3.04. The van der Waals surface area contributed by atoms with Crippen molar-refractivity contribution in [3.63, 3.8) is 0 Å². The molecule has 6 nitrogen and oxygen atoms in total. The van der Waals surface area contributed by atoms with Crippen molar-refractivity contribution >= 4 is 18.0 Å². The molecule has 0 saturated carbocycles. The summed E-state index contributed by atoms with van der Waals surface area (Å²) in [6, 6.07) is 6.04. The van der Waals surface area contributed by atoms with Crippen molar-refractivity contribution in [3.05, 3.63) is 53.1 Å². The Morgan fingerprint density at radius 2 is 1.93 bits per heavy atom. The van der Waals surface area contributed by atoms with E-state index in [9.17, 15) is 14.0 Å². The first kappa shape index (κ1) is 20.4. The third kappa shape index (κ3) is 5.77. The van der Waals surface area contributed by atoms with Gasteiger partial charge < -0.3 is 10.1 Å². The van der Waals surface area contributed by atoms with Crippen LogP contribution in [0.3, 0.4) is 0 Å². The monoisotopic (exact) mass is 373 g/mol. The molecule has 0 fully saturated rings. The number of halogens is 1. The van der Waals surface area contributed by atoms with Crippen LogP contribution in [0.1, 0.15) is 37.2 Å². The lowest BCUT2D eigenvalue weighted by atomic mass is 10.2. The lowest BCUT2D eigenvalue weighted by Gasteiger charge is -2.07. The average Bonchev–Trinajstić information content (AvgIpc) is 2.87. The van der Waals surface area contributed by atoms with Crippen molar-refractivity contribution in [2.24, 2.45) is 0 Å². The smallest absolute Gasteiger partial charge is 0.307 e. The summed E-state index contributed by atoms with van der Waals surface area (Å²) in [5, 5.41) is 7.10. The third-order valence-corrected chi connectivity index (χ3v) is 3.82. The first-order valence-electron chi connectivity index (χ1n) is 8.75. The molecule has 0 aliphatic rings. The van der Waals surface area contributed by atoms with Crippen molar-refractivity contribution in [3.8, 4) is 5.69 Å². The van der Waals surface area contributed by atoms with Gasteiger partial charge in [0.05, 0.1) is 23.9 Å². The van der Waals surface area contributed by atoms with Crippen LogP contribution in [0.2, 0.25) is 0 Å². The van der Waals surface area contributed by atoms with Crippen molar-refractivity contribution in [2.75, 3.05) is 6.54 Å². The van der Waals surface area contributed by atoms with Gasteiger partial charge in [0, 0.05) is 23.9 Å². The molecular weight excluding hydrogens is 349 g/mol. The van der Waals surface area contributed by atoms with Crippen molar-refractivity contribution in [1.82, 2.24) is 15.1 Å². The minimum absolute atomic E-state index is 0.123. The van der Waals surface area contributed by atoms with E-state index in [2.05, 4.69) is 10.4 Å². The van der Waals surface area contributed by atoms with Crippen LogP contribution in [-0.2, 0) is 14.3 Å². The van der Waals surface area contributed by atoms with E-state index in [-0.39, 0.29) is 36.8 Å². The molecule has 1 heterocycles. The van der Waals surface area contributed by atoms with E-state index in [0.717, 1.165) is 22.6 Å². The number of aromatic nitrogens is 2. The highest BCUT2D eigenvalue weighted by atomic mass is 19.1. The summed E-state index contributed by atoms with van der Waals surface area (Å²) in [6.45, 7) is 7.48. The van der Waals surface area contributed by atoms with Gasteiger partial charge in [0.1, 0.15) is 5.82 Å². The predicted octanol–water partition coefficient (Wildman–Crippen LogP) is 3.10. The van der Waals surface area contributed by atoms with Crippen molar-refractivity contribution < 1.29 is 18.7 Å². The molecule has 0 aliphatic heterocycles. The van der Waals surface area contributed by atoms with Crippen LogP contribution >= 0.6 is 0 Å². The number of carbonyl (C=O) groups is 2. The molecule has 27 heavy (non-hydrogen) atoms. The molecule has 7 heteroatoms. The first-order chi connectivity index (χ1) is 12.8. The highest BCUT2D eigenvalue weighted by Crippen LogP contribution is 2.19. The normalized spacial score (nSPS) is 11.2. The van der Waals surface area contributed by atoms with Gasteiger partial charge in [-0.25, -0.2) is 9.07 Å². The number of benzene rings is 1. The number of rotatable bonds is 7. The Bertz CT molecular complexity index is 839. The number of ether oxygens (including phenoxy) is 1. The van der Waals surface area contributed by atoms with Gasteiger partial charge in [-0.15, -0.1) is 0 Å². The highest BCUT2D eigenvalue weighted by molar-refractivity contribution is 5.92. The molecular formula is C20H24FN3O3. The molecule has 0 aliphatic carbocycles. The summed E-state index contributed by atoms with van der Waals surface area (Å²) in [4.78, 5) is 23.4. The molecule has 1 aromatic heterocycles. The lowest BCUT2D eigenvalue weighted by molar-refractivity contribution is -0.147. The van der Waals surface area contributed by atoms with Gasteiger partial charge in [-0.1, -0.05) is 0 Å². The van der Waals surface area contributed by atoms with Crippen LogP contribution in [0, 0.1) is 19.7 Å². The number of carbonyl (C=O) groups excluding carboxylic acids is 2. The Morgan fingerprint density at radius 3 is 2.56 bits per heavy atom. The van der Waals surface area contributed by atoms with E-state index in [1.807, 2.05) is 13.8 Å². The van der Waals surface area contributed by atoms with Gasteiger partial charge in [0.25, 0.3) is 0 Å². The molecule has 0 bridgehead atoms. The third-order valence-electron chi connectivity index (χ3n) is 3.82. The first-order valence-corrected chi connectivity index (χ1v) is 8.75. The molecule has 0 unspecified atom stereocenters. The number of esters is 1. The maximum Gasteiger partial charge on any atom is 0.307 e. The molecule has 1 aromatic carbocycles. The number of amides is 1. The van der Waals surface area contributed by atoms with Crippen molar-refractivity contribution in [2.45, 2.75) is 40.2 Å². The van der Waals surface area contributed by atoms with Gasteiger partial charge in [0.15, 0.2) is 0 Å².